The van der Waals surface area contributed by atoms with Crippen molar-refractivity contribution in [2.45, 2.75) is 20.8 Å². The van der Waals surface area contributed by atoms with E-state index in [1.165, 1.54) is 6.07 Å². The highest BCUT2D eigenvalue weighted by atomic mass is 19.1. The molecule has 0 aromatic carbocycles. The molecule has 74 valence electrons. The molecule has 0 amide bonds. The van der Waals surface area contributed by atoms with Gasteiger partial charge in [0.15, 0.2) is 0 Å². The van der Waals surface area contributed by atoms with Gasteiger partial charge in [-0.05, 0) is 18.6 Å². The normalized spacial score (nSPS) is 8.77. The van der Waals surface area contributed by atoms with Gasteiger partial charge < -0.3 is 0 Å². The standard InChI is InChI=1S/C8H11FN2.C2H6/c1-6-4-7(9)8(10-2)11(3)5-6;1-2/h4-5H,1-3H3;1-2H3/p+1. The summed E-state index contributed by atoms with van der Waals surface area (Å²) in [4.78, 5) is 0. The Bertz CT molecular complexity index is 249. The Hall–Kier alpha value is -1.12. The molecule has 0 radical (unpaired) electrons. The fourth-order valence-corrected chi connectivity index (χ4v) is 1.14. The summed E-state index contributed by atoms with van der Waals surface area (Å²) in [5, 5.41) is 2.78. The van der Waals surface area contributed by atoms with Crippen molar-refractivity contribution in [3.63, 3.8) is 0 Å². The highest BCUT2D eigenvalue weighted by Gasteiger charge is 2.10. The first kappa shape index (κ1) is 11.9. The van der Waals surface area contributed by atoms with Crippen LogP contribution in [0.15, 0.2) is 12.3 Å². The Balaban J connectivity index is 0.000000671. The number of aromatic nitrogens is 1. The fraction of sp³-hybridized carbons (Fsp3) is 0.500. The molecule has 1 heterocycles. The van der Waals surface area contributed by atoms with Crippen molar-refractivity contribution in [3.8, 4) is 0 Å². The van der Waals surface area contributed by atoms with Crippen molar-refractivity contribution >= 4 is 5.82 Å². The number of nitrogens with zero attached hydrogens (tertiary/aromatic N) is 1. The SMILES string of the molecule is CC.CNc1c(F)cc(C)c[n+]1C. The van der Waals surface area contributed by atoms with Crippen LogP contribution < -0.4 is 9.88 Å². The van der Waals surface area contributed by atoms with E-state index in [-0.39, 0.29) is 5.82 Å². The second kappa shape index (κ2) is 5.51. The van der Waals surface area contributed by atoms with Crippen LogP contribution in [0.2, 0.25) is 0 Å². The van der Waals surface area contributed by atoms with Crippen LogP contribution in [-0.4, -0.2) is 7.05 Å². The first-order chi connectivity index (χ1) is 6.15. The molecule has 2 nitrogen and oxygen atoms in total. The Labute approximate surface area is 79.4 Å². The van der Waals surface area contributed by atoms with Gasteiger partial charge in [0.2, 0.25) is 5.82 Å². The zero-order chi connectivity index (χ0) is 10.4. The summed E-state index contributed by atoms with van der Waals surface area (Å²) in [6.45, 7) is 5.86. The van der Waals surface area contributed by atoms with Gasteiger partial charge in [-0.1, -0.05) is 13.8 Å². The van der Waals surface area contributed by atoms with Crippen LogP contribution in [0.5, 0.6) is 0 Å². The number of hydrogen-bond donors (Lipinski definition) is 1. The van der Waals surface area contributed by atoms with Crippen LogP contribution >= 0.6 is 0 Å². The quantitative estimate of drug-likeness (QED) is 0.662. The van der Waals surface area contributed by atoms with Gasteiger partial charge >= 0.3 is 5.82 Å². The average Bonchev–Trinajstić information content (AvgIpc) is 2.07. The molecular weight excluding hydrogens is 167 g/mol. The zero-order valence-electron chi connectivity index (χ0n) is 8.98. The molecule has 0 aliphatic heterocycles. The zero-order valence-corrected chi connectivity index (χ0v) is 8.98. The molecule has 0 unspecified atom stereocenters. The minimum absolute atomic E-state index is 0.213. The Kier molecular flexibility index (Phi) is 5.04. The summed E-state index contributed by atoms with van der Waals surface area (Å²) in [7, 11) is 3.51. The van der Waals surface area contributed by atoms with Crippen molar-refractivity contribution in [3.05, 3.63) is 23.6 Å². The van der Waals surface area contributed by atoms with Gasteiger partial charge in [0.1, 0.15) is 0 Å². The van der Waals surface area contributed by atoms with Gasteiger partial charge in [-0.2, -0.15) is 4.39 Å². The molecule has 0 atom stereocenters. The van der Waals surface area contributed by atoms with Crippen LogP contribution in [0.25, 0.3) is 0 Å². The molecule has 0 saturated heterocycles. The highest BCUT2D eigenvalue weighted by Crippen LogP contribution is 2.07. The fourth-order valence-electron chi connectivity index (χ4n) is 1.14. The minimum atomic E-state index is -0.213. The summed E-state index contributed by atoms with van der Waals surface area (Å²) in [5.41, 5.74) is 0.920. The molecule has 1 N–H and O–H groups in total. The lowest BCUT2D eigenvalue weighted by Gasteiger charge is -2.01. The number of halogens is 1. The molecule has 0 bridgehead atoms. The summed E-state index contributed by atoms with van der Waals surface area (Å²) < 4.78 is 14.8. The predicted octanol–water partition coefficient (Wildman–Crippen LogP) is 2.03. The van der Waals surface area contributed by atoms with Gasteiger partial charge in [-0.3, -0.25) is 5.32 Å². The number of aryl methyl sites for hydroxylation is 2. The maximum absolute atomic E-state index is 13.0. The minimum Gasteiger partial charge on any atom is -0.275 e. The van der Waals surface area contributed by atoms with Crippen molar-refractivity contribution in [1.82, 2.24) is 0 Å². The molecule has 0 saturated carbocycles. The average molecular weight is 185 g/mol. The lowest BCUT2D eigenvalue weighted by atomic mass is 10.3. The van der Waals surface area contributed by atoms with E-state index in [0.29, 0.717) is 5.82 Å². The highest BCUT2D eigenvalue weighted by molar-refractivity contribution is 5.30. The lowest BCUT2D eigenvalue weighted by Crippen LogP contribution is -2.33. The Morgan fingerprint density at radius 2 is 1.92 bits per heavy atom. The molecule has 1 aromatic rings. The molecule has 0 aliphatic carbocycles. The van der Waals surface area contributed by atoms with E-state index >= 15 is 0 Å². The summed E-state index contributed by atoms with van der Waals surface area (Å²) in [6.07, 6.45) is 1.87. The van der Waals surface area contributed by atoms with Crippen LogP contribution in [-0.2, 0) is 7.05 Å². The number of hydrogen-bond acceptors (Lipinski definition) is 1. The predicted molar refractivity (Wildman–Crippen MR) is 53.2 cm³/mol. The molecule has 0 aliphatic rings. The lowest BCUT2D eigenvalue weighted by molar-refractivity contribution is -0.658. The third-order valence-electron chi connectivity index (χ3n) is 1.57. The van der Waals surface area contributed by atoms with Gasteiger partial charge in [-0.15, -0.1) is 0 Å². The first-order valence-corrected chi connectivity index (χ1v) is 4.48. The van der Waals surface area contributed by atoms with Crippen LogP contribution in [0.3, 0.4) is 0 Å². The number of pyridine rings is 1. The smallest absolute Gasteiger partial charge is 0.275 e. The van der Waals surface area contributed by atoms with Gasteiger partial charge in [0.05, 0.1) is 20.3 Å². The summed E-state index contributed by atoms with van der Waals surface area (Å²) >= 11 is 0. The molecule has 13 heavy (non-hydrogen) atoms. The summed E-state index contributed by atoms with van der Waals surface area (Å²) in [5.74, 6) is 0.297. The number of anilines is 1. The monoisotopic (exact) mass is 185 g/mol. The third-order valence-corrected chi connectivity index (χ3v) is 1.57. The molecule has 1 aromatic heterocycles. The van der Waals surface area contributed by atoms with E-state index in [1.54, 1.807) is 11.6 Å². The number of nitrogens with one attached hydrogen (secondary N) is 1. The van der Waals surface area contributed by atoms with Gasteiger partial charge in [0.25, 0.3) is 0 Å². The maximum Gasteiger partial charge on any atom is 0.310 e. The van der Waals surface area contributed by atoms with E-state index in [0.717, 1.165) is 5.56 Å². The van der Waals surface area contributed by atoms with E-state index < -0.39 is 0 Å². The topological polar surface area (TPSA) is 15.9 Å². The van der Waals surface area contributed by atoms with E-state index in [4.69, 9.17) is 0 Å². The summed E-state index contributed by atoms with van der Waals surface area (Å²) in [6, 6.07) is 1.51. The first-order valence-electron chi connectivity index (χ1n) is 4.48. The second-order valence-corrected chi connectivity index (χ2v) is 2.57. The van der Waals surface area contributed by atoms with E-state index in [1.807, 2.05) is 34.0 Å². The van der Waals surface area contributed by atoms with Gasteiger partial charge in [0, 0.05) is 0 Å². The third kappa shape index (κ3) is 3.01. The maximum atomic E-state index is 13.0. The molecule has 0 fully saturated rings. The van der Waals surface area contributed by atoms with Crippen LogP contribution in [0, 0.1) is 12.7 Å². The van der Waals surface area contributed by atoms with Crippen molar-refractivity contribution in [2.24, 2.45) is 7.05 Å². The molecule has 3 heteroatoms. The second-order valence-electron chi connectivity index (χ2n) is 2.57. The Morgan fingerprint density at radius 3 is 2.31 bits per heavy atom. The van der Waals surface area contributed by atoms with Gasteiger partial charge in [-0.25, -0.2) is 4.57 Å². The van der Waals surface area contributed by atoms with Crippen molar-refractivity contribution in [1.29, 1.82) is 0 Å². The molecule has 0 spiro atoms. The van der Waals surface area contributed by atoms with E-state index in [9.17, 15) is 4.39 Å². The molecular formula is C10H18FN2+. The van der Waals surface area contributed by atoms with E-state index in [2.05, 4.69) is 5.32 Å². The number of rotatable bonds is 1. The molecule has 1 rings (SSSR count). The van der Waals surface area contributed by atoms with Crippen molar-refractivity contribution in [2.75, 3.05) is 12.4 Å². The Morgan fingerprint density at radius 1 is 1.38 bits per heavy atom. The van der Waals surface area contributed by atoms with Crippen molar-refractivity contribution < 1.29 is 8.96 Å². The largest absolute Gasteiger partial charge is 0.310 e. The van der Waals surface area contributed by atoms with Crippen LogP contribution in [0.1, 0.15) is 19.4 Å². The van der Waals surface area contributed by atoms with Crippen LogP contribution in [0.4, 0.5) is 10.2 Å².